The van der Waals surface area contributed by atoms with Crippen LogP contribution >= 0.6 is 0 Å². The zero-order chi connectivity index (χ0) is 44.6. The summed E-state index contributed by atoms with van der Waals surface area (Å²) in [4.78, 5) is 91.5. The summed E-state index contributed by atoms with van der Waals surface area (Å²) in [5.74, 6) is -3.51. The van der Waals surface area contributed by atoms with E-state index in [2.05, 4.69) is 41.6 Å². The number of benzene rings is 3. The lowest BCUT2D eigenvalue weighted by Gasteiger charge is -2.29. The number of amides is 7. The van der Waals surface area contributed by atoms with E-state index in [9.17, 15) is 28.8 Å². The zero-order valence-electron chi connectivity index (χ0n) is 34.4. The first-order chi connectivity index (χ1) is 29.8. The van der Waals surface area contributed by atoms with Gasteiger partial charge in [0.25, 0.3) is 5.91 Å². The molecule has 5 rings (SSSR count). The van der Waals surface area contributed by atoms with Crippen LogP contribution in [0.15, 0.2) is 97.6 Å². The number of carbonyl (C=O) groups is 6. The van der Waals surface area contributed by atoms with E-state index in [0.29, 0.717) is 41.7 Å². The number of nitrogens with one attached hydrogen (secondary N) is 7. The number of para-hydroxylation sites is 1. The Labute approximate surface area is 360 Å². The molecule has 0 unspecified atom stereocenters. The standard InChI is InChI=1S/C43H53BN12O6/c1-26(51-41(60)37(20-29-22-49-34-12-6-5-11-32(29)34)53-40(59)33(46)21-31-23-48-25-50-31)39(58)55-56(24-28-14-16-30(44)17-15-28)43(62)54-36(19-27-9-3-2-4-10-27)42(61)52-35(38(47)57)13-7-8-18-45/h2-6,9-12,14-17,22-23,25-26,33,35-37,49H,7-8,13,18-21,24,45-46H2,1H3,(H2,47,57)(H,48,50)(H,51,60)(H,52,61)(H,53,59)(H,54,62)(H,55,58)/t26-,33-,35-,36+,37+/m0/s1. The average Bonchev–Trinajstić information content (AvgIpc) is 3.93. The van der Waals surface area contributed by atoms with Gasteiger partial charge in [-0.15, -0.1) is 0 Å². The van der Waals surface area contributed by atoms with Gasteiger partial charge in [-0.1, -0.05) is 78.3 Å². The molecule has 5 aromatic rings. The number of nitrogens with two attached hydrogens (primary N) is 3. The molecule has 18 nitrogen and oxygen atoms in total. The summed E-state index contributed by atoms with van der Waals surface area (Å²) in [6.45, 7) is 1.63. The van der Waals surface area contributed by atoms with Crippen molar-refractivity contribution in [2.24, 2.45) is 17.2 Å². The van der Waals surface area contributed by atoms with Crippen molar-refractivity contribution in [1.82, 2.24) is 46.7 Å². The number of unbranched alkanes of at least 4 members (excludes halogenated alkanes) is 1. The maximum absolute atomic E-state index is 14.2. The van der Waals surface area contributed by atoms with Gasteiger partial charge >= 0.3 is 6.03 Å². The number of hydrazine groups is 1. The second-order valence-corrected chi connectivity index (χ2v) is 15.0. The number of hydrogen-bond donors (Lipinski definition) is 10. The second kappa shape index (κ2) is 22.6. The molecule has 0 aliphatic carbocycles. The van der Waals surface area contributed by atoms with E-state index >= 15 is 0 Å². The highest BCUT2D eigenvalue weighted by Crippen LogP contribution is 2.19. The maximum atomic E-state index is 14.2. The number of hydrogen-bond acceptors (Lipinski definition) is 9. The molecule has 2 radical (unpaired) electrons. The number of carbonyl (C=O) groups excluding carboxylic acids is 6. The average molecular weight is 845 g/mol. The van der Waals surface area contributed by atoms with Crippen LogP contribution in [0.25, 0.3) is 10.9 Å². The number of primary amides is 1. The van der Waals surface area contributed by atoms with Crippen LogP contribution in [0.1, 0.15) is 48.6 Å². The van der Waals surface area contributed by atoms with Gasteiger partial charge in [-0.25, -0.2) is 14.8 Å². The third-order valence-corrected chi connectivity index (χ3v) is 10.1. The molecule has 2 heterocycles. The number of imidazole rings is 1. The summed E-state index contributed by atoms with van der Waals surface area (Å²) in [5.41, 5.74) is 24.0. The van der Waals surface area contributed by atoms with Crippen LogP contribution in [-0.4, -0.2) is 100 Å². The molecule has 0 aliphatic rings. The Bertz CT molecular complexity index is 2270. The largest absolute Gasteiger partial charge is 0.368 e. The summed E-state index contributed by atoms with van der Waals surface area (Å²) in [5, 5.41) is 12.6. The highest BCUT2D eigenvalue weighted by Gasteiger charge is 2.31. The minimum atomic E-state index is -1.25. The van der Waals surface area contributed by atoms with Crippen LogP contribution in [0, 0.1) is 0 Å². The SMILES string of the molecule is [B]c1ccc(CN(NC(=O)[C@H](C)NC(=O)[C@@H](Cc2c[nH]c3ccccc23)NC(=O)[C@@H](N)Cc2cnc[nH]2)C(=O)N[C@H](Cc2ccccc2)C(=O)N[C@@H](CCCCN)C(N)=O)cc1. The van der Waals surface area contributed by atoms with Gasteiger partial charge in [-0.3, -0.25) is 29.4 Å². The van der Waals surface area contributed by atoms with Crippen molar-refractivity contribution in [3.63, 3.8) is 0 Å². The molecule has 324 valence electrons. The molecular weight excluding hydrogens is 791 g/mol. The number of urea groups is 1. The van der Waals surface area contributed by atoms with Crippen molar-refractivity contribution >= 4 is 59.8 Å². The van der Waals surface area contributed by atoms with Crippen molar-refractivity contribution in [2.45, 2.75) is 82.2 Å². The summed E-state index contributed by atoms with van der Waals surface area (Å²) in [6, 6.07) is 16.4. The van der Waals surface area contributed by atoms with E-state index in [1.54, 1.807) is 67.0 Å². The minimum absolute atomic E-state index is 0.0257. The molecule has 0 aliphatic heterocycles. The monoisotopic (exact) mass is 844 g/mol. The van der Waals surface area contributed by atoms with Crippen LogP contribution in [0.5, 0.6) is 0 Å². The van der Waals surface area contributed by atoms with Gasteiger partial charge in [0.15, 0.2) is 0 Å². The fourth-order valence-corrected chi connectivity index (χ4v) is 6.65. The Morgan fingerprint density at radius 2 is 1.42 bits per heavy atom. The third kappa shape index (κ3) is 13.5. The molecule has 5 atom stereocenters. The van der Waals surface area contributed by atoms with E-state index in [1.807, 2.05) is 24.3 Å². The summed E-state index contributed by atoms with van der Waals surface area (Å²) in [6.07, 6.45) is 6.35. The van der Waals surface area contributed by atoms with Crippen molar-refractivity contribution < 1.29 is 28.8 Å². The van der Waals surface area contributed by atoms with Crippen molar-refractivity contribution in [3.8, 4) is 0 Å². The molecule has 0 saturated heterocycles. The Morgan fingerprint density at radius 1 is 0.742 bits per heavy atom. The predicted octanol–water partition coefficient (Wildman–Crippen LogP) is -0.260. The van der Waals surface area contributed by atoms with Crippen LogP contribution in [0.3, 0.4) is 0 Å². The molecule has 3 aromatic carbocycles. The predicted molar refractivity (Wildman–Crippen MR) is 234 cm³/mol. The molecule has 0 saturated carbocycles. The Kier molecular flexibility index (Phi) is 16.8. The van der Waals surface area contributed by atoms with Crippen LogP contribution < -0.4 is 49.4 Å². The smallest absolute Gasteiger partial charge is 0.337 e. The quantitative estimate of drug-likeness (QED) is 0.0264. The molecule has 13 N–H and O–H groups in total. The molecular formula is C43H53BN12O6. The van der Waals surface area contributed by atoms with Gasteiger partial charge < -0.3 is 48.4 Å². The fraction of sp³-hybridized carbons (Fsp3) is 0.326. The lowest BCUT2D eigenvalue weighted by molar-refractivity contribution is -0.133. The highest BCUT2D eigenvalue weighted by molar-refractivity contribution is 6.32. The van der Waals surface area contributed by atoms with E-state index in [0.717, 1.165) is 21.5 Å². The molecule has 7 amide bonds. The summed E-state index contributed by atoms with van der Waals surface area (Å²) >= 11 is 0. The molecule has 2 aromatic heterocycles. The minimum Gasteiger partial charge on any atom is -0.368 e. The number of H-pyrrole nitrogens is 2. The lowest BCUT2D eigenvalue weighted by atomic mass is 9.95. The van der Waals surface area contributed by atoms with Crippen molar-refractivity contribution in [3.05, 3.63) is 120 Å². The number of aromatic nitrogens is 3. The number of aromatic amines is 2. The summed E-state index contributed by atoms with van der Waals surface area (Å²) < 4.78 is 0. The molecule has 0 bridgehead atoms. The van der Waals surface area contributed by atoms with Gasteiger partial charge in [0, 0.05) is 48.3 Å². The first kappa shape index (κ1) is 46.1. The van der Waals surface area contributed by atoms with Gasteiger partial charge in [-0.2, -0.15) is 0 Å². The first-order valence-corrected chi connectivity index (χ1v) is 20.3. The van der Waals surface area contributed by atoms with Crippen molar-refractivity contribution in [1.29, 1.82) is 0 Å². The van der Waals surface area contributed by atoms with Crippen molar-refractivity contribution in [2.75, 3.05) is 6.54 Å². The van der Waals surface area contributed by atoms with E-state index in [1.165, 1.54) is 13.3 Å². The zero-order valence-corrected chi connectivity index (χ0v) is 34.4. The Hall–Kier alpha value is -6.99. The highest BCUT2D eigenvalue weighted by atomic mass is 16.2. The molecule has 19 heteroatoms. The van der Waals surface area contributed by atoms with Gasteiger partial charge in [0.2, 0.25) is 23.6 Å². The lowest BCUT2D eigenvalue weighted by Crippen LogP contribution is -2.60. The Balaban J connectivity index is 1.34. The number of rotatable bonds is 21. The third-order valence-electron chi connectivity index (χ3n) is 10.1. The fourth-order valence-electron chi connectivity index (χ4n) is 6.65. The van der Waals surface area contributed by atoms with Crippen LogP contribution in [0.2, 0.25) is 0 Å². The van der Waals surface area contributed by atoms with Gasteiger partial charge in [-0.05, 0) is 55.5 Å². The molecule has 0 spiro atoms. The van der Waals surface area contributed by atoms with E-state index in [4.69, 9.17) is 25.0 Å². The van der Waals surface area contributed by atoms with Crippen LogP contribution in [0.4, 0.5) is 4.79 Å². The molecule has 0 fully saturated rings. The first-order valence-electron chi connectivity index (χ1n) is 20.3. The molecule has 62 heavy (non-hydrogen) atoms. The Morgan fingerprint density at radius 3 is 2.11 bits per heavy atom. The number of nitrogens with zero attached hydrogens (tertiary/aromatic N) is 2. The second-order valence-electron chi connectivity index (χ2n) is 15.0. The normalized spacial score (nSPS) is 13.5. The van der Waals surface area contributed by atoms with Gasteiger partial charge in [0.05, 0.1) is 18.9 Å². The van der Waals surface area contributed by atoms with Gasteiger partial charge in [0.1, 0.15) is 32.0 Å². The van der Waals surface area contributed by atoms with E-state index in [-0.39, 0.29) is 32.2 Å². The van der Waals surface area contributed by atoms with Crippen LogP contribution in [-0.2, 0) is 49.8 Å². The topological polar surface area (TPSA) is 288 Å². The number of fused-ring (bicyclic) bond motifs is 1. The van der Waals surface area contributed by atoms with E-state index < -0.39 is 65.8 Å². The summed E-state index contributed by atoms with van der Waals surface area (Å²) in [7, 11) is 5.90. The maximum Gasteiger partial charge on any atom is 0.337 e.